The van der Waals surface area contributed by atoms with Gasteiger partial charge in [-0.2, -0.15) is 18.4 Å². The zero-order valence-corrected chi connectivity index (χ0v) is 17.7. The van der Waals surface area contributed by atoms with Gasteiger partial charge in [0.1, 0.15) is 10.8 Å². The Morgan fingerprint density at radius 3 is 2.66 bits per heavy atom. The van der Waals surface area contributed by atoms with Gasteiger partial charge in [-0.05, 0) is 24.3 Å². The van der Waals surface area contributed by atoms with E-state index in [1.165, 1.54) is 17.4 Å². The van der Waals surface area contributed by atoms with Crippen LogP contribution < -0.4 is 4.90 Å². The first-order valence-electron chi connectivity index (χ1n) is 9.84. The monoisotopic (exact) mass is 457 g/mol. The first-order valence-corrected chi connectivity index (χ1v) is 10.7. The number of halogens is 3. The normalized spacial score (nSPS) is 14.3. The first kappa shape index (κ1) is 21.8. The topological polar surface area (TPSA) is 73.1 Å². The highest BCUT2D eigenvalue weighted by Gasteiger charge is 2.30. The molecule has 0 unspecified atom stereocenters. The lowest BCUT2D eigenvalue weighted by molar-refractivity contribution is -0.137. The number of hydrogen-bond donors (Lipinski definition) is 0. The van der Waals surface area contributed by atoms with Gasteiger partial charge in [-0.15, -0.1) is 11.3 Å². The third kappa shape index (κ3) is 4.89. The molecule has 0 N–H and O–H groups in total. The van der Waals surface area contributed by atoms with E-state index in [0.29, 0.717) is 53.8 Å². The number of nitriles is 1. The van der Waals surface area contributed by atoms with Gasteiger partial charge >= 0.3 is 6.18 Å². The Bertz CT molecular complexity index is 1160. The van der Waals surface area contributed by atoms with Gasteiger partial charge in [0.25, 0.3) is 0 Å². The molecule has 1 saturated heterocycles. The molecule has 164 valence electrons. The summed E-state index contributed by atoms with van der Waals surface area (Å²) in [6.07, 6.45) is -2.73. The van der Waals surface area contributed by atoms with E-state index < -0.39 is 11.7 Å². The Morgan fingerprint density at radius 2 is 1.94 bits per heavy atom. The summed E-state index contributed by atoms with van der Waals surface area (Å²) in [6.45, 7) is 2.23. The van der Waals surface area contributed by atoms with E-state index >= 15 is 0 Å². The average molecular weight is 457 g/mol. The lowest BCUT2D eigenvalue weighted by atomic mass is 10.1. The third-order valence-electron chi connectivity index (χ3n) is 5.15. The van der Waals surface area contributed by atoms with Crippen molar-refractivity contribution >= 4 is 23.1 Å². The van der Waals surface area contributed by atoms with Crippen LogP contribution >= 0.6 is 11.3 Å². The van der Waals surface area contributed by atoms with Crippen LogP contribution in [0.2, 0.25) is 0 Å². The Balaban J connectivity index is 1.37. The summed E-state index contributed by atoms with van der Waals surface area (Å²) in [4.78, 5) is 25.1. The van der Waals surface area contributed by atoms with Gasteiger partial charge in [0.05, 0.1) is 29.3 Å². The maximum atomic E-state index is 13.0. The van der Waals surface area contributed by atoms with Crippen molar-refractivity contribution in [3.63, 3.8) is 0 Å². The number of carbonyl (C=O) groups excluding carboxylic acids is 1. The number of hydrogen-bond acceptors (Lipinski definition) is 6. The summed E-state index contributed by atoms with van der Waals surface area (Å²) in [5, 5.41) is 11.2. The van der Waals surface area contributed by atoms with Crippen LogP contribution in [0.4, 0.5) is 19.0 Å². The fourth-order valence-corrected chi connectivity index (χ4v) is 4.28. The van der Waals surface area contributed by atoms with Crippen LogP contribution in [0.25, 0.3) is 10.6 Å². The van der Waals surface area contributed by atoms with E-state index in [9.17, 15) is 18.0 Å². The van der Waals surface area contributed by atoms with E-state index in [-0.39, 0.29) is 12.3 Å². The summed E-state index contributed by atoms with van der Waals surface area (Å²) in [5.74, 6) is 0.630. The number of anilines is 1. The molecule has 6 nitrogen and oxygen atoms in total. The first-order chi connectivity index (χ1) is 15.3. The highest BCUT2D eigenvalue weighted by Crippen LogP contribution is 2.33. The average Bonchev–Trinajstić information content (AvgIpc) is 3.27. The number of aromatic nitrogens is 2. The molecule has 4 rings (SSSR count). The number of alkyl halides is 3. The molecule has 2 aromatic heterocycles. The summed E-state index contributed by atoms with van der Waals surface area (Å²) >= 11 is 1.22. The molecule has 1 aliphatic heterocycles. The van der Waals surface area contributed by atoms with Crippen molar-refractivity contribution in [3.8, 4) is 16.6 Å². The second-order valence-electron chi connectivity index (χ2n) is 7.28. The molecule has 32 heavy (non-hydrogen) atoms. The molecule has 1 aromatic carbocycles. The standard InChI is InChI=1S/C22H18F3N5OS/c23-22(24,25)17-3-1-2-16(11-17)21-28-18(14-32-21)12-20(31)30-8-6-29(7-9-30)19-10-15(13-26)4-5-27-19/h1-5,10-11,14H,6-9,12H2. The molecule has 0 spiro atoms. The minimum absolute atomic E-state index is 0.0794. The number of piperazine rings is 1. The molecule has 0 saturated carbocycles. The predicted molar refractivity (Wildman–Crippen MR) is 114 cm³/mol. The third-order valence-corrected chi connectivity index (χ3v) is 6.09. The number of thiazole rings is 1. The second kappa shape index (κ2) is 8.96. The van der Waals surface area contributed by atoms with Gasteiger partial charge in [0.15, 0.2) is 0 Å². The van der Waals surface area contributed by atoms with Gasteiger partial charge in [0, 0.05) is 43.3 Å². The molecule has 1 aliphatic rings. The molecule has 0 atom stereocenters. The van der Waals surface area contributed by atoms with Crippen LogP contribution in [0.1, 0.15) is 16.8 Å². The summed E-state index contributed by atoms with van der Waals surface area (Å²) < 4.78 is 38.9. The fraction of sp³-hybridized carbons (Fsp3) is 0.273. The van der Waals surface area contributed by atoms with Crippen molar-refractivity contribution in [2.24, 2.45) is 0 Å². The van der Waals surface area contributed by atoms with E-state index in [0.717, 1.165) is 12.1 Å². The number of amides is 1. The van der Waals surface area contributed by atoms with Gasteiger partial charge in [0.2, 0.25) is 5.91 Å². The Labute approximate surface area is 186 Å². The molecule has 10 heteroatoms. The number of carbonyl (C=O) groups is 1. The Hall–Kier alpha value is -3.45. The Morgan fingerprint density at radius 1 is 1.16 bits per heavy atom. The van der Waals surface area contributed by atoms with Crippen LogP contribution in [-0.2, 0) is 17.4 Å². The van der Waals surface area contributed by atoms with E-state index in [1.54, 1.807) is 34.7 Å². The highest BCUT2D eigenvalue weighted by molar-refractivity contribution is 7.13. The molecule has 1 amide bonds. The Kier molecular flexibility index (Phi) is 6.10. The van der Waals surface area contributed by atoms with E-state index in [2.05, 4.69) is 16.0 Å². The molecule has 3 heterocycles. The summed E-state index contributed by atoms with van der Waals surface area (Å²) in [5.41, 5.74) is 0.728. The zero-order valence-electron chi connectivity index (χ0n) is 16.8. The van der Waals surface area contributed by atoms with Crippen molar-refractivity contribution in [2.75, 3.05) is 31.1 Å². The quantitative estimate of drug-likeness (QED) is 0.593. The van der Waals surface area contributed by atoms with Gasteiger partial charge in [-0.3, -0.25) is 4.79 Å². The molecule has 1 fully saturated rings. The van der Waals surface area contributed by atoms with Crippen molar-refractivity contribution in [3.05, 3.63) is 64.8 Å². The molecule has 0 radical (unpaired) electrons. The van der Waals surface area contributed by atoms with E-state index in [1.807, 2.05) is 4.90 Å². The summed E-state index contributed by atoms with van der Waals surface area (Å²) in [6, 6.07) is 10.5. The molecular weight excluding hydrogens is 439 g/mol. The van der Waals surface area contributed by atoms with Crippen LogP contribution in [0, 0.1) is 11.3 Å². The van der Waals surface area contributed by atoms with Gasteiger partial charge < -0.3 is 9.80 Å². The van der Waals surface area contributed by atoms with Crippen molar-refractivity contribution in [1.82, 2.24) is 14.9 Å². The highest BCUT2D eigenvalue weighted by atomic mass is 32.1. The number of rotatable bonds is 4. The number of pyridine rings is 1. The SMILES string of the molecule is N#Cc1ccnc(N2CCN(C(=O)Cc3csc(-c4cccc(C(F)(F)F)c4)n3)CC2)c1. The largest absolute Gasteiger partial charge is 0.416 e. The minimum atomic E-state index is -4.42. The fourth-order valence-electron chi connectivity index (χ4n) is 3.46. The minimum Gasteiger partial charge on any atom is -0.353 e. The maximum Gasteiger partial charge on any atom is 0.416 e. The molecular formula is C22H18F3N5OS. The lowest BCUT2D eigenvalue weighted by Crippen LogP contribution is -2.49. The van der Waals surface area contributed by atoms with Gasteiger partial charge in [-0.25, -0.2) is 9.97 Å². The van der Waals surface area contributed by atoms with Crippen molar-refractivity contribution in [1.29, 1.82) is 5.26 Å². The van der Waals surface area contributed by atoms with Crippen LogP contribution in [-0.4, -0.2) is 47.0 Å². The lowest BCUT2D eigenvalue weighted by Gasteiger charge is -2.35. The smallest absolute Gasteiger partial charge is 0.353 e. The van der Waals surface area contributed by atoms with Crippen molar-refractivity contribution < 1.29 is 18.0 Å². The van der Waals surface area contributed by atoms with E-state index in [4.69, 9.17) is 5.26 Å². The summed E-state index contributed by atoms with van der Waals surface area (Å²) in [7, 11) is 0. The van der Waals surface area contributed by atoms with Crippen LogP contribution in [0.15, 0.2) is 48.0 Å². The molecule has 3 aromatic rings. The predicted octanol–water partition coefficient (Wildman–Crippen LogP) is 3.99. The van der Waals surface area contributed by atoms with Gasteiger partial charge in [-0.1, -0.05) is 12.1 Å². The van der Waals surface area contributed by atoms with Crippen molar-refractivity contribution in [2.45, 2.75) is 12.6 Å². The van der Waals surface area contributed by atoms with Crippen LogP contribution in [0.5, 0.6) is 0 Å². The second-order valence-corrected chi connectivity index (χ2v) is 8.14. The number of nitrogens with zero attached hydrogens (tertiary/aromatic N) is 5. The maximum absolute atomic E-state index is 13.0. The molecule has 0 bridgehead atoms. The van der Waals surface area contributed by atoms with Crippen LogP contribution in [0.3, 0.4) is 0 Å². The molecule has 0 aliphatic carbocycles. The number of benzene rings is 1. The zero-order chi connectivity index (χ0) is 22.7.